The molecule has 0 spiro atoms. The average Bonchev–Trinajstić information content (AvgIpc) is 3.72. The van der Waals surface area contributed by atoms with E-state index in [-0.39, 0.29) is 30.4 Å². The number of nitrogens with zero attached hydrogens (tertiary/aromatic N) is 6. The van der Waals surface area contributed by atoms with Crippen LogP contribution in [0.25, 0.3) is 32.6 Å². The van der Waals surface area contributed by atoms with Crippen LogP contribution in [0.5, 0.6) is 0 Å². The van der Waals surface area contributed by atoms with Gasteiger partial charge in [0, 0.05) is 45.2 Å². The van der Waals surface area contributed by atoms with E-state index >= 15 is 0 Å². The third-order valence-electron chi connectivity index (χ3n) is 7.43. The zero-order valence-electron chi connectivity index (χ0n) is 23.1. The van der Waals surface area contributed by atoms with E-state index < -0.39 is 24.0 Å². The highest BCUT2D eigenvalue weighted by Gasteiger charge is 2.40. The Morgan fingerprint density at radius 2 is 1.88 bits per heavy atom. The van der Waals surface area contributed by atoms with Crippen LogP contribution in [-0.2, 0) is 16.1 Å². The lowest BCUT2D eigenvalue weighted by Crippen LogP contribution is -2.44. The van der Waals surface area contributed by atoms with Crippen molar-refractivity contribution in [1.82, 2.24) is 29.9 Å². The first-order valence-electron chi connectivity index (χ1n) is 13.4. The summed E-state index contributed by atoms with van der Waals surface area (Å²) in [5.41, 5.74) is 4.47. The number of hydrogen-bond donors (Lipinski definition) is 1. The summed E-state index contributed by atoms with van der Waals surface area (Å²) < 4.78 is 16.3. The van der Waals surface area contributed by atoms with E-state index in [0.717, 1.165) is 33.6 Å². The van der Waals surface area contributed by atoms with Gasteiger partial charge in [0.2, 0.25) is 16.9 Å². The summed E-state index contributed by atoms with van der Waals surface area (Å²) in [5, 5.41) is 20.6. The molecule has 13 heteroatoms. The average molecular weight is 618 g/mol. The molecule has 0 bridgehead atoms. The second-order valence-electron chi connectivity index (χ2n) is 10.4. The molecule has 2 atom stereocenters. The van der Waals surface area contributed by atoms with Gasteiger partial charge in [-0.05, 0) is 49.2 Å². The van der Waals surface area contributed by atoms with Gasteiger partial charge >= 0.3 is 0 Å². The standard InChI is InChI=1S/C30H25ClFN7O3S/c1-16-3-4-19(10-24(16)31)29-36-37-30(43-29)35-28(42)26-11-21(32)13-39(26)27(41)15-38-14-23(17(2)40)22-9-18(5-6-25(22)38)20-7-8-33-34-12-20/h3-10,12,14,21,26H,11,13,15H2,1-2H3,(H,35,37,42)/t21?,26-/m0/s1. The lowest BCUT2D eigenvalue weighted by Gasteiger charge is -2.23. The number of carbonyl (C=O) groups is 3. The normalized spacial score (nSPS) is 16.5. The number of halogens is 2. The maximum atomic E-state index is 14.6. The molecule has 2 amide bonds. The Labute approximate surface area is 254 Å². The van der Waals surface area contributed by atoms with Gasteiger partial charge in [-0.1, -0.05) is 41.1 Å². The largest absolute Gasteiger partial charge is 0.337 e. The van der Waals surface area contributed by atoms with Crippen molar-refractivity contribution in [2.45, 2.75) is 39.0 Å². The molecule has 0 radical (unpaired) electrons. The van der Waals surface area contributed by atoms with Gasteiger partial charge in [-0.2, -0.15) is 10.2 Å². The van der Waals surface area contributed by atoms with Crippen molar-refractivity contribution in [2.75, 3.05) is 11.9 Å². The Balaban J connectivity index is 1.21. The number of aryl methyl sites for hydroxylation is 1. The number of benzene rings is 2. The van der Waals surface area contributed by atoms with Crippen LogP contribution in [0.4, 0.5) is 9.52 Å². The van der Waals surface area contributed by atoms with Gasteiger partial charge in [-0.25, -0.2) is 4.39 Å². The smallest absolute Gasteiger partial charge is 0.249 e. The number of hydrogen-bond acceptors (Lipinski definition) is 8. The second kappa shape index (κ2) is 11.6. The van der Waals surface area contributed by atoms with E-state index in [0.29, 0.717) is 26.5 Å². The third kappa shape index (κ3) is 5.75. The van der Waals surface area contributed by atoms with Gasteiger partial charge in [-0.3, -0.25) is 19.7 Å². The molecule has 0 saturated carbocycles. The Kier molecular flexibility index (Phi) is 7.72. The number of alkyl halides is 1. The molecule has 1 fully saturated rings. The Hall–Kier alpha value is -4.55. The number of amides is 2. The van der Waals surface area contributed by atoms with Gasteiger partial charge < -0.3 is 9.47 Å². The van der Waals surface area contributed by atoms with Crippen LogP contribution in [-0.4, -0.2) is 66.2 Å². The highest BCUT2D eigenvalue weighted by Crippen LogP contribution is 2.31. The van der Waals surface area contributed by atoms with Crippen molar-refractivity contribution in [2.24, 2.45) is 0 Å². The predicted molar refractivity (Wildman–Crippen MR) is 162 cm³/mol. The SMILES string of the molecule is CC(=O)c1cn(CC(=O)N2CC(F)C[C@H]2C(=O)Nc2nnc(-c3ccc(C)c(Cl)c3)s2)c2ccc(-c3ccnnc3)cc12. The van der Waals surface area contributed by atoms with Gasteiger partial charge in [0.05, 0.1) is 18.9 Å². The zero-order valence-corrected chi connectivity index (χ0v) is 24.7. The van der Waals surface area contributed by atoms with Crippen LogP contribution >= 0.6 is 22.9 Å². The number of anilines is 1. The lowest BCUT2D eigenvalue weighted by atomic mass is 10.0. The quantitative estimate of drug-likeness (QED) is 0.244. The van der Waals surface area contributed by atoms with Crippen LogP contribution in [0.15, 0.2) is 61.1 Å². The highest BCUT2D eigenvalue weighted by molar-refractivity contribution is 7.18. The van der Waals surface area contributed by atoms with E-state index in [9.17, 15) is 18.8 Å². The van der Waals surface area contributed by atoms with Crippen molar-refractivity contribution >= 4 is 56.6 Å². The number of aromatic nitrogens is 5. The number of fused-ring (bicyclic) bond motifs is 1. The van der Waals surface area contributed by atoms with E-state index in [1.807, 2.05) is 43.3 Å². The number of likely N-dealkylation sites (tertiary alicyclic amines) is 1. The van der Waals surface area contributed by atoms with Gasteiger partial charge in [-0.15, -0.1) is 10.2 Å². The van der Waals surface area contributed by atoms with Gasteiger partial charge in [0.1, 0.15) is 23.8 Å². The van der Waals surface area contributed by atoms with Crippen LogP contribution in [0.2, 0.25) is 5.02 Å². The molecule has 2 aromatic carbocycles. The molecule has 6 rings (SSSR count). The van der Waals surface area contributed by atoms with Crippen molar-refractivity contribution in [1.29, 1.82) is 0 Å². The molecule has 218 valence electrons. The Morgan fingerprint density at radius 1 is 1.07 bits per heavy atom. The minimum absolute atomic E-state index is 0.134. The first kappa shape index (κ1) is 28.6. The molecule has 5 aromatic rings. The number of carbonyl (C=O) groups excluding carboxylic acids is 3. The van der Waals surface area contributed by atoms with Crippen molar-refractivity contribution < 1.29 is 18.8 Å². The summed E-state index contributed by atoms with van der Waals surface area (Å²) in [6, 6.07) is 11.9. The first-order valence-corrected chi connectivity index (χ1v) is 14.6. The molecule has 4 heterocycles. The summed E-state index contributed by atoms with van der Waals surface area (Å²) in [4.78, 5) is 40.5. The second-order valence-corrected chi connectivity index (χ2v) is 11.7. The van der Waals surface area contributed by atoms with E-state index in [1.54, 1.807) is 29.2 Å². The molecule has 1 saturated heterocycles. The van der Waals surface area contributed by atoms with Crippen molar-refractivity contribution in [3.63, 3.8) is 0 Å². The zero-order chi connectivity index (χ0) is 30.2. The van der Waals surface area contributed by atoms with Gasteiger partial charge in [0.15, 0.2) is 5.78 Å². The molecule has 10 nitrogen and oxygen atoms in total. The summed E-state index contributed by atoms with van der Waals surface area (Å²) >= 11 is 7.38. The maximum absolute atomic E-state index is 14.6. The van der Waals surface area contributed by atoms with E-state index in [4.69, 9.17) is 11.6 Å². The molecule has 0 aliphatic carbocycles. The maximum Gasteiger partial charge on any atom is 0.249 e. The molecular formula is C30H25ClFN7O3S. The number of ketones is 1. The fraction of sp³-hybridized carbons (Fsp3) is 0.233. The van der Waals surface area contributed by atoms with Crippen LogP contribution in [0.1, 0.15) is 29.3 Å². The summed E-state index contributed by atoms with van der Waals surface area (Å²) in [7, 11) is 0. The highest BCUT2D eigenvalue weighted by atomic mass is 35.5. The Morgan fingerprint density at radius 3 is 2.63 bits per heavy atom. The summed E-state index contributed by atoms with van der Waals surface area (Å²) in [6.07, 6.45) is 3.34. The number of Topliss-reactive ketones (excluding diaryl/α,β-unsaturated/α-hetero) is 1. The topological polar surface area (TPSA) is 123 Å². The fourth-order valence-corrected chi connectivity index (χ4v) is 6.12. The molecule has 1 aliphatic heterocycles. The Bertz CT molecular complexity index is 1880. The number of nitrogens with one attached hydrogen (secondary N) is 1. The first-order chi connectivity index (χ1) is 20.7. The third-order valence-corrected chi connectivity index (χ3v) is 8.73. The monoisotopic (exact) mass is 617 g/mol. The number of rotatable bonds is 7. The molecule has 3 aromatic heterocycles. The fourth-order valence-electron chi connectivity index (χ4n) is 5.20. The van der Waals surface area contributed by atoms with Crippen molar-refractivity contribution in [3.05, 3.63) is 77.2 Å². The lowest BCUT2D eigenvalue weighted by molar-refractivity contribution is -0.137. The summed E-state index contributed by atoms with van der Waals surface area (Å²) in [6.45, 7) is 2.97. The molecule has 1 aliphatic rings. The van der Waals surface area contributed by atoms with Crippen molar-refractivity contribution in [3.8, 4) is 21.7 Å². The summed E-state index contributed by atoms with van der Waals surface area (Å²) in [5.74, 6) is -1.15. The molecular weight excluding hydrogens is 593 g/mol. The van der Waals surface area contributed by atoms with Crippen LogP contribution < -0.4 is 5.32 Å². The minimum atomic E-state index is -1.36. The van der Waals surface area contributed by atoms with Crippen LogP contribution in [0.3, 0.4) is 0 Å². The van der Waals surface area contributed by atoms with E-state index in [2.05, 4.69) is 25.7 Å². The van der Waals surface area contributed by atoms with E-state index in [1.165, 1.54) is 11.8 Å². The minimum Gasteiger partial charge on any atom is -0.337 e. The molecule has 43 heavy (non-hydrogen) atoms. The predicted octanol–water partition coefficient (Wildman–Crippen LogP) is 5.36. The molecule has 1 N–H and O–H groups in total. The van der Waals surface area contributed by atoms with Gasteiger partial charge in [0.25, 0.3) is 0 Å². The molecule has 1 unspecified atom stereocenters. The van der Waals surface area contributed by atoms with Crippen LogP contribution in [0, 0.1) is 6.92 Å².